The third kappa shape index (κ3) is 29.2. The maximum Gasteiger partial charge on any atom is 0.228 e. The molecule has 6 nitrogen and oxygen atoms in total. The molecule has 1 rings (SSSR count). The zero-order valence-electron chi connectivity index (χ0n) is 25.9. The van der Waals surface area contributed by atoms with Crippen LogP contribution in [0.2, 0.25) is 0 Å². The summed E-state index contributed by atoms with van der Waals surface area (Å²) < 4.78 is 0. The SMILES string of the molecule is C/C=C\C(=NC)Nc1ncc(/C=C\C(C)=O)c(C)n1.C=CC(C)=O.CC.CCC.CCCC(CC)CC. The Kier molecular flexibility index (Phi) is 34.7. The van der Waals surface area contributed by atoms with Crippen LogP contribution < -0.4 is 5.32 Å². The number of hydrogen-bond donors (Lipinski definition) is 1. The Morgan fingerprint density at radius 1 is 1.05 bits per heavy atom. The van der Waals surface area contributed by atoms with Crippen molar-refractivity contribution < 1.29 is 9.59 Å². The number of aromatic nitrogens is 2. The minimum absolute atomic E-state index is 0.00455. The molecule has 1 N–H and O–H groups in total. The normalized spacial score (nSPS) is 10.1. The van der Waals surface area contributed by atoms with E-state index in [-0.39, 0.29) is 11.6 Å². The fourth-order valence-corrected chi connectivity index (χ4v) is 2.46. The predicted octanol–water partition coefficient (Wildman–Crippen LogP) is 8.83. The molecule has 0 amide bonds. The molecule has 0 aliphatic heterocycles. The van der Waals surface area contributed by atoms with Crippen molar-refractivity contribution in [3.05, 3.63) is 48.3 Å². The van der Waals surface area contributed by atoms with Gasteiger partial charge in [-0.15, -0.1) is 0 Å². The van der Waals surface area contributed by atoms with Crippen LogP contribution in [0.5, 0.6) is 0 Å². The van der Waals surface area contributed by atoms with Crippen LogP contribution in [0.25, 0.3) is 6.08 Å². The summed E-state index contributed by atoms with van der Waals surface area (Å²) in [5, 5.41) is 3.01. The van der Waals surface area contributed by atoms with Crippen molar-refractivity contribution in [2.75, 3.05) is 12.4 Å². The van der Waals surface area contributed by atoms with Crippen molar-refractivity contribution in [3.63, 3.8) is 0 Å². The maximum atomic E-state index is 10.9. The number of aryl methyl sites for hydroxylation is 1. The molecule has 0 fully saturated rings. The monoisotopic (exact) mass is 516 g/mol. The van der Waals surface area contributed by atoms with Gasteiger partial charge in [0.05, 0.1) is 5.69 Å². The van der Waals surface area contributed by atoms with Crippen molar-refractivity contribution >= 4 is 29.4 Å². The molecule has 0 atom stereocenters. The van der Waals surface area contributed by atoms with Gasteiger partial charge in [0.15, 0.2) is 11.6 Å². The summed E-state index contributed by atoms with van der Waals surface area (Å²) in [5.74, 6) is 2.19. The molecule has 0 saturated heterocycles. The standard InChI is InChI=1S/C14H18N4O.C8H18.C4H6O.C3H8.C2H6/c1-5-6-13(15-4)18-14-16-9-12(11(3)17-14)8-7-10(2)19;1-4-7-8(5-2)6-3;1-3-4(2)5;1-3-2;1-2/h5-9H,1-4H3,(H,15,16,17,18);8H,4-7H2,1-3H3;3H,1H2,2H3;3H2,1-2H3;1-2H3/b6-5-,8-7-;;;;. The highest BCUT2D eigenvalue weighted by Crippen LogP contribution is 2.13. The molecule has 212 valence electrons. The third-order valence-corrected chi connectivity index (χ3v) is 4.46. The van der Waals surface area contributed by atoms with Gasteiger partial charge in [-0.25, -0.2) is 9.97 Å². The van der Waals surface area contributed by atoms with Gasteiger partial charge in [-0.1, -0.05) is 93.2 Å². The summed E-state index contributed by atoms with van der Waals surface area (Å²) in [6, 6.07) is 0. The lowest BCUT2D eigenvalue weighted by atomic mass is 9.98. The van der Waals surface area contributed by atoms with Crippen LogP contribution in [-0.4, -0.2) is 34.4 Å². The van der Waals surface area contributed by atoms with E-state index >= 15 is 0 Å². The average Bonchev–Trinajstić information content (AvgIpc) is 2.88. The number of nitrogens with zero attached hydrogens (tertiary/aromatic N) is 3. The van der Waals surface area contributed by atoms with E-state index in [0.29, 0.717) is 11.8 Å². The van der Waals surface area contributed by atoms with E-state index in [1.807, 2.05) is 39.8 Å². The molecule has 0 aromatic carbocycles. The van der Waals surface area contributed by atoms with Crippen LogP contribution in [0.15, 0.2) is 42.1 Å². The number of carbonyl (C=O) groups excluding carboxylic acids is 2. The van der Waals surface area contributed by atoms with E-state index in [0.717, 1.165) is 17.2 Å². The van der Waals surface area contributed by atoms with Gasteiger partial charge in [-0.3, -0.25) is 14.6 Å². The molecular formula is C31H56N4O2. The molecule has 0 bridgehead atoms. The Morgan fingerprint density at radius 3 is 1.86 bits per heavy atom. The molecule has 0 unspecified atom stereocenters. The second-order valence-corrected chi connectivity index (χ2v) is 7.91. The Labute approximate surface area is 228 Å². The Hall–Kier alpha value is -2.89. The molecule has 0 aliphatic rings. The predicted molar refractivity (Wildman–Crippen MR) is 165 cm³/mol. The largest absolute Gasteiger partial charge is 0.309 e. The second kappa shape index (κ2) is 31.1. The number of ketones is 2. The smallest absolute Gasteiger partial charge is 0.228 e. The Balaban J connectivity index is -0.000000249. The molecule has 0 aliphatic carbocycles. The highest BCUT2D eigenvalue weighted by molar-refractivity contribution is 6.02. The van der Waals surface area contributed by atoms with Gasteiger partial charge in [-0.05, 0) is 57.9 Å². The van der Waals surface area contributed by atoms with E-state index in [1.54, 1.807) is 19.3 Å². The molecule has 1 aromatic rings. The number of carbonyl (C=O) groups is 2. The first-order valence-electron chi connectivity index (χ1n) is 13.6. The first-order valence-corrected chi connectivity index (χ1v) is 13.6. The lowest BCUT2D eigenvalue weighted by Crippen LogP contribution is -2.12. The van der Waals surface area contributed by atoms with Gasteiger partial charge in [0.1, 0.15) is 5.84 Å². The molecule has 37 heavy (non-hydrogen) atoms. The minimum Gasteiger partial charge on any atom is -0.309 e. The lowest BCUT2D eigenvalue weighted by Gasteiger charge is -2.08. The van der Waals surface area contributed by atoms with Gasteiger partial charge in [0, 0.05) is 18.8 Å². The Morgan fingerprint density at radius 2 is 1.57 bits per heavy atom. The van der Waals surface area contributed by atoms with Crippen LogP contribution >= 0.6 is 0 Å². The first-order chi connectivity index (χ1) is 17.6. The number of nitrogens with one attached hydrogen (secondary N) is 1. The van der Waals surface area contributed by atoms with E-state index in [1.165, 1.54) is 58.1 Å². The van der Waals surface area contributed by atoms with Crippen LogP contribution in [0.3, 0.4) is 0 Å². The van der Waals surface area contributed by atoms with E-state index in [9.17, 15) is 9.59 Å². The maximum absolute atomic E-state index is 10.9. The van der Waals surface area contributed by atoms with Crippen LogP contribution in [0.1, 0.15) is 113 Å². The molecule has 0 radical (unpaired) electrons. The Bertz CT molecular complexity index is 792. The van der Waals surface area contributed by atoms with Gasteiger partial charge in [0.2, 0.25) is 5.95 Å². The van der Waals surface area contributed by atoms with Crippen LogP contribution in [0, 0.1) is 12.8 Å². The molecule has 0 spiro atoms. The molecule has 0 saturated carbocycles. The van der Waals surface area contributed by atoms with Gasteiger partial charge >= 0.3 is 0 Å². The van der Waals surface area contributed by atoms with E-state index < -0.39 is 0 Å². The van der Waals surface area contributed by atoms with Crippen molar-refractivity contribution in [3.8, 4) is 0 Å². The zero-order chi connectivity index (χ0) is 29.6. The van der Waals surface area contributed by atoms with Crippen LogP contribution in [0.4, 0.5) is 5.95 Å². The summed E-state index contributed by atoms with van der Waals surface area (Å²) in [5.41, 5.74) is 1.62. The highest BCUT2D eigenvalue weighted by atomic mass is 16.1. The molecule has 1 heterocycles. The van der Waals surface area contributed by atoms with Gasteiger partial charge in [-0.2, -0.15) is 0 Å². The quantitative estimate of drug-likeness (QED) is 0.201. The summed E-state index contributed by atoms with van der Waals surface area (Å²) in [6.45, 7) is 25.0. The summed E-state index contributed by atoms with van der Waals surface area (Å²) >= 11 is 0. The zero-order valence-corrected chi connectivity index (χ0v) is 25.9. The minimum atomic E-state index is -0.00455. The third-order valence-electron chi connectivity index (χ3n) is 4.46. The lowest BCUT2D eigenvalue weighted by molar-refractivity contribution is -0.113. The number of aliphatic imine (C=N–C) groups is 1. The van der Waals surface area contributed by atoms with Crippen molar-refractivity contribution in [2.45, 2.75) is 108 Å². The van der Waals surface area contributed by atoms with Crippen LogP contribution in [-0.2, 0) is 9.59 Å². The number of amidine groups is 1. The summed E-state index contributed by atoms with van der Waals surface area (Å²) in [7, 11) is 1.69. The van der Waals surface area contributed by atoms with Crippen molar-refractivity contribution in [2.24, 2.45) is 10.9 Å². The summed E-state index contributed by atoms with van der Waals surface area (Å²) in [4.78, 5) is 33.2. The number of rotatable bonds is 9. The summed E-state index contributed by atoms with van der Waals surface area (Å²) in [6.07, 6.45) is 16.6. The van der Waals surface area contributed by atoms with E-state index in [4.69, 9.17) is 0 Å². The topological polar surface area (TPSA) is 84.3 Å². The number of allylic oxidation sites excluding steroid dienone is 3. The average molecular weight is 517 g/mol. The second-order valence-electron chi connectivity index (χ2n) is 7.91. The fourth-order valence-electron chi connectivity index (χ4n) is 2.46. The number of hydrogen-bond acceptors (Lipinski definition) is 5. The first kappa shape index (κ1) is 41.2. The van der Waals surface area contributed by atoms with E-state index in [2.05, 4.69) is 61.5 Å². The highest BCUT2D eigenvalue weighted by Gasteiger charge is 2.02. The van der Waals surface area contributed by atoms with Gasteiger partial charge in [0.25, 0.3) is 0 Å². The van der Waals surface area contributed by atoms with Gasteiger partial charge < -0.3 is 5.32 Å². The molecular weight excluding hydrogens is 460 g/mol. The van der Waals surface area contributed by atoms with Crippen molar-refractivity contribution in [1.29, 1.82) is 0 Å². The number of anilines is 1. The fraction of sp³-hybridized carbons (Fsp3) is 0.581. The molecule has 6 heteroatoms. The molecule has 1 aromatic heterocycles. The van der Waals surface area contributed by atoms with Crippen molar-refractivity contribution in [1.82, 2.24) is 9.97 Å².